The van der Waals surface area contributed by atoms with Crippen LogP contribution < -0.4 is 4.90 Å². The molecule has 4 rings (SSSR count). The third kappa shape index (κ3) is 6.85. The van der Waals surface area contributed by atoms with E-state index in [2.05, 4.69) is 0 Å². The van der Waals surface area contributed by atoms with Gasteiger partial charge in [-0.1, -0.05) is 53.5 Å². The van der Waals surface area contributed by atoms with Crippen molar-refractivity contribution in [3.63, 3.8) is 0 Å². The van der Waals surface area contributed by atoms with Gasteiger partial charge in [0.1, 0.15) is 6.54 Å². The van der Waals surface area contributed by atoms with Crippen LogP contribution in [0, 0.1) is 6.92 Å². The van der Waals surface area contributed by atoms with E-state index in [1.165, 1.54) is 0 Å². The number of carboxylic acid groups (broad SMARTS) is 1. The molecule has 1 heterocycles. The Kier molecular flexibility index (Phi) is 8.15. The van der Waals surface area contributed by atoms with Crippen LogP contribution in [0.25, 0.3) is 10.9 Å². The van der Waals surface area contributed by atoms with Crippen molar-refractivity contribution in [2.75, 3.05) is 18.5 Å². The number of benzene rings is 3. The highest BCUT2D eigenvalue weighted by molar-refractivity contribution is 6.34. The maximum absolute atomic E-state index is 12.5. The van der Waals surface area contributed by atoms with E-state index in [0.29, 0.717) is 16.5 Å². The van der Waals surface area contributed by atoms with E-state index >= 15 is 0 Å². The number of aliphatic carboxylic acids is 1. The number of carbonyl (C=O) groups is 2. The van der Waals surface area contributed by atoms with Gasteiger partial charge in [-0.25, -0.2) is 0 Å². The molecule has 0 saturated heterocycles. The van der Waals surface area contributed by atoms with Gasteiger partial charge in [0, 0.05) is 34.4 Å². The summed E-state index contributed by atoms with van der Waals surface area (Å²) < 4.78 is 1.64. The van der Waals surface area contributed by atoms with Crippen LogP contribution in [0.15, 0.2) is 79.0 Å². The number of nitrogens with zero attached hydrogens (tertiary/aromatic N) is 2. The first kappa shape index (κ1) is 24.4. The van der Waals surface area contributed by atoms with Crippen molar-refractivity contribution in [1.82, 2.24) is 4.57 Å². The molecule has 0 saturated carbocycles. The van der Waals surface area contributed by atoms with E-state index in [-0.39, 0.29) is 12.5 Å². The van der Waals surface area contributed by atoms with Gasteiger partial charge < -0.3 is 10.0 Å². The second kappa shape index (κ2) is 11.0. The summed E-state index contributed by atoms with van der Waals surface area (Å²) in [6.07, 6.45) is 2.10. The fourth-order valence-corrected chi connectivity index (χ4v) is 4.06. The average molecular weight is 483 g/mol. The Bertz CT molecular complexity index is 1220. The highest BCUT2D eigenvalue weighted by atomic mass is 35.5. The lowest BCUT2D eigenvalue weighted by molar-refractivity contribution is -0.135. The molecule has 1 aromatic heterocycles. The summed E-state index contributed by atoms with van der Waals surface area (Å²) in [5.41, 5.74) is 3.69. The topological polar surface area (TPSA) is 62.5 Å². The Hall–Kier alpha value is -3.28. The first-order valence-corrected chi connectivity index (χ1v) is 11.0. The molecule has 0 radical (unpaired) electrons. The van der Waals surface area contributed by atoms with Crippen molar-refractivity contribution < 1.29 is 14.7 Å². The number of aromatic nitrogens is 1. The van der Waals surface area contributed by atoms with Crippen LogP contribution in [0.2, 0.25) is 10.0 Å². The smallest absolute Gasteiger partial charge is 0.323 e. The second-order valence-electron chi connectivity index (χ2n) is 7.68. The maximum Gasteiger partial charge on any atom is 0.323 e. The van der Waals surface area contributed by atoms with E-state index in [4.69, 9.17) is 28.3 Å². The SMILES string of the molecule is CN(CC(=O)O)c1ccc2c(ccn2C(=O)Cc2ccccc2)c1.Cc1cc(Cl)cc(Cl)c1. The number of carbonyl (C=O) groups excluding carboxylic acids is 1. The van der Waals surface area contributed by atoms with E-state index in [9.17, 15) is 9.59 Å². The summed E-state index contributed by atoms with van der Waals surface area (Å²) in [6.45, 7) is 1.89. The minimum Gasteiger partial charge on any atom is -0.480 e. The normalized spacial score (nSPS) is 10.4. The molecule has 170 valence electrons. The maximum atomic E-state index is 12.5. The summed E-state index contributed by atoms with van der Waals surface area (Å²) in [5, 5.41) is 11.2. The predicted molar refractivity (Wildman–Crippen MR) is 135 cm³/mol. The quantitative estimate of drug-likeness (QED) is 0.360. The number of anilines is 1. The number of fused-ring (bicyclic) bond motifs is 1. The third-order valence-corrected chi connectivity index (χ3v) is 5.40. The minimum absolute atomic E-state index is 0.00263. The fraction of sp³-hybridized carbons (Fsp3) is 0.154. The molecule has 0 atom stereocenters. The monoisotopic (exact) mass is 482 g/mol. The number of likely N-dealkylation sites (N-methyl/N-ethyl adjacent to an activating group) is 1. The molecular formula is C26H24Cl2N2O3. The first-order chi connectivity index (χ1) is 15.7. The second-order valence-corrected chi connectivity index (χ2v) is 8.55. The van der Waals surface area contributed by atoms with Crippen LogP contribution in [-0.2, 0) is 11.2 Å². The van der Waals surface area contributed by atoms with E-state index in [1.54, 1.807) is 28.8 Å². The number of hydrogen-bond acceptors (Lipinski definition) is 3. The predicted octanol–water partition coefficient (Wildman–Crippen LogP) is 6.35. The minimum atomic E-state index is -0.881. The lowest BCUT2D eigenvalue weighted by Crippen LogP contribution is -2.24. The summed E-state index contributed by atoms with van der Waals surface area (Å²) in [6, 6.07) is 22.5. The van der Waals surface area contributed by atoms with Crippen LogP contribution in [0.4, 0.5) is 5.69 Å². The molecule has 3 aromatic carbocycles. The highest BCUT2D eigenvalue weighted by Crippen LogP contribution is 2.23. The summed E-state index contributed by atoms with van der Waals surface area (Å²) in [7, 11) is 1.73. The molecule has 0 spiro atoms. The van der Waals surface area contributed by atoms with Gasteiger partial charge in [-0.05, 0) is 60.5 Å². The summed E-state index contributed by atoms with van der Waals surface area (Å²) in [5.74, 6) is -0.879. The molecule has 4 aromatic rings. The average Bonchev–Trinajstić information content (AvgIpc) is 3.17. The van der Waals surface area contributed by atoms with Crippen molar-refractivity contribution in [3.8, 4) is 0 Å². The van der Waals surface area contributed by atoms with Crippen molar-refractivity contribution in [3.05, 3.63) is 100 Å². The van der Waals surface area contributed by atoms with Crippen LogP contribution >= 0.6 is 23.2 Å². The molecule has 0 bridgehead atoms. The fourth-order valence-electron chi connectivity index (χ4n) is 3.43. The molecular weight excluding hydrogens is 459 g/mol. The Balaban J connectivity index is 0.000000286. The molecule has 0 amide bonds. The summed E-state index contributed by atoms with van der Waals surface area (Å²) >= 11 is 11.3. The van der Waals surface area contributed by atoms with Crippen molar-refractivity contribution in [1.29, 1.82) is 0 Å². The van der Waals surface area contributed by atoms with Crippen LogP contribution in [0.1, 0.15) is 15.9 Å². The number of halogens is 2. The molecule has 33 heavy (non-hydrogen) atoms. The Labute approximate surface area is 202 Å². The Morgan fingerprint density at radius 3 is 2.21 bits per heavy atom. The molecule has 0 aliphatic rings. The van der Waals surface area contributed by atoms with Gasteiger partial charge >= 0.3 is 5.97 Å². The number of carboxylic acids is 1. The van der Waals surface area contributed by atoms with Gasteiger partial charge in [0.15, 0.2) is 0 Å². The van der Waals surface area contributed by atoms with E-state index in [1.807, 2.05) is 73.7 Å². The first-order valence-electron chi connectivity index (χ1n) is 10.3. The van der Waals surface area contributed by atoms with Gasteiger partial charge in [-0.3, -0.25) is 14.2 Å². The zero-order valence-electron chi connectivity index (χ0n) is 18.3. The Morgan fingerprint density at radius 1 is 0.939 bits per heavy atom. The van der Waals surface area contributed by atoms with Gasteiger partial charge in [0.2, 0.25) is 5.91 Å². The van der Waals surface area contributed by atoms with Crippen molar-refractivity contribution in [2.24, 2.45) is 0 Å². The third-order valence-electron chi connectivity index (χ3n) is 4.96. The molecule has 5 nitrogen and oxygen atoms in total. The number of rotatable bonds is 5. The Morgan fingerprint density at radius 2 is 1.61 bits per heavy atom. The van der Waals surface area contributed by atoms with E-state index in [0.717, 1.165) is 27.7 Å². The van der Waals surface area contributed by atoms with Crippen LogP contribution in [0.5, 0.6) is 0 Å². The highest BCUT2D eigenvalue weighted by Gasteiger charge is 2.12. The number of hydrogen-bond donors (Lipinski definition) is 1. The molecule has 0 unspecified atom stereocenters. The van der Waals surface area contributed by atoms with Gasteiger partial charge in [0.25, 0.3) is 0 Å². The number of aryl methyl sites for hydroxylation is 1. The van der Waals surface area contributed by atoms with Gasteiger partial charge in [-0.2, -0.15) is 0 Å². The van der Waals surface area contributed by atoms with Gasteiger partial charge in [0.05, 0.1) is 11.9 Å². The van der Waals surface area contributed by atoms with Crippen LogP contribution in [-0.4, -0.2) is 35.1 Å². The van der Waals surface area contributed by atoms with E-state index < -0.39 is 5.97 Å². The molecule has 0 fully saturated rings. The molecule has 7 heteroatoms. The zero-order valence-corrected chi connectivity index (χ0v) is 19.8. The van der Waals surface area contributed by atoms with Gasteiger partial charge in [-0.15, -0.1) is 0 Å². The molecule has 0 aliphatic heterocycles. The lowest BCUT2D eigenvalue weighted by atomic mass is 10.1. The van der Waals surface area contributed by atoms with Crippen molar-refractivity contribution in [2.45, 2.75) is 13.3 Å². The van der Waals surface area contributed by atoms with Crippen molar-refractivity contribution >= 4 is 51.7 Å². The zero-order chi connectivity index (χ0) is 24.0. The lowest BCUT2D eigenvalue weighted by Gasteiger charge is -2.16. The largest absolute Gasteiger partial charge is 0.480 e. The van der Waals surface area contributed by atoms with Crippen LogP contribution in [0.3, 0.4) is 0 Å². The molecule has 1 N–H and O–H groups in total. The standard InChI is InChI=1S/C19H18N2O3.C7H6Cl2/c1-20(13-19(23)24)16-7-8-17-15(12-16)9-10-21(17)18(22)11-14-5-3-2-4-6-14;1-5-2-6(8)4-7(9)3-5/h2-10,12H,11,13H2,1H3,(H,23,24);2-4H,1H3. The summed E-state index contributed by atoms with van der Waals surface area (Å²) in [4.78, 5) is 25.0. The molecule has 0 aliphatic carbocycles.